The Bertz CT molecular complexity index is 1070. The number of carboxylic acid groups (broad SMARTS) is 1. The van der Waals surface area contributed by atoms with E-state index in [9.17, 15) is 14.4 Å². The number of nitrogens with zero attached hydrogens (tertiary/aromatic N) is 1. The van der Waals surface area contributed by atoms with Crippen LogP contribution in [0.15, 0.2) is 42.5 Å². The molecule has 0 bridgehead atoms. The lowest BCUT2D eigenvalue weighted by molar-refractivity contribution is -0.137. The number of benzene rings is 2. The van der Waals surface area contributed by atoms with E-state index in [0.717, 1.165) is 36.9 Å². The second-order valence-corrected chi connectivity index (χ2v) is 9.99. The molecule has 1 saturated heterocycles. The van der Waals surface area contributed by atoms with Crippen molar-refractivity contribution >= 4 is 29.4 Å². The molecule has 35 heavy (non-hydrogen) atoms. The number of nitrogens with one attached hydrogen (secondary N) is 1. The highest BCUT2D eigenvalue weighted by Crippen LogP contribution is 2.36. The van der Waals surface area contributed by atoms with Gasteiger partial charge in [-0.05, 0) is 54.9 Å². The number of likely N-dealkylation sites (tertiary alicyclic amines) is 1. The van der Waals surface area contributed by atoms with Gasteiger partial charge >= 0.3 is 5.97 Å². The van der Waals surface area contributed by atoms with Crippen LogP contribution in [0.2, 0.25) is 5.02 Å². The minimum absolute atomic E-state index is 0.0121. The average Bonchev–Trinajstić information content (AvgIpc) is 3.23. The molecule has 2 N–H and O–H groups in total. The first kappa shape index (κ1) is 25.2. The fourth-order valence-electron chi connectivity index (χ4n) is 5.42. The topological polar surface area (TPSA) is 86.7 Å². The number of hydrogen-bond acceptors (Lipinski definition) is 3. The Hall–Kier alpha value is -2.86. The van der Waals surface area contributed by atoms with E-state index in [-0.39, 0.29) is 30.7 Å². The molecule has 1 atom stereocenters. The molecule has 2 fully saturated rings. The Labute approximate surface area is 211 Å². The fourth-order valence-corrected chi connectivity index (χ4v) is 5.66. The predicted octanol–water partition coefficient (Wildman–Crippen LogP) is 5.33. The van der Waals surface area contributed by atoms with Crippen LogP contribution in [-0.2, 0) is 16.0 Å². The van der Waals surface area contributed by atoms with Gasteiger partial charge in [0.25, 0.3) is 5.91 Å². The summed E-state index contributed by atoms with van der Waals surface area (Å²) in [6, 6.07) is 13.6. The van der Waals surface area contributed by atoms with Crippen LogP contribution in [-0.4, -0.2) is 46.9 Å². The first-order valence-corrected chi connectivity index (χ1v) is 13.0. The van der Waals surface area contributed by atoms with Crippen LogP contribution in [0.3, 0.4) is 0 Å². The lowest BCUT2D eigenvalue weighted by atomic mass is 9.88. The zero-order valence-corrected chi connectivity index (χ0v) is 20.7. The summed E-state index contributed by atoms with van der Waals surface area (Å²) >= 11 is 6.66. The van der Waals surface area contributed by atoms with Gasteiger partial charge in [0.2, 0.25) is 5.91 Å². The summed E-state index contributed by atoms with van der Waals surface area (Å²) in [7, 11) is 0. The van der Waals surface area contributed by atoms with E-state index in [4.69, 9.17) is 16.7 Å². The maximum absolute atomic E-state index is 13.4. The molecule has 186 valence electrons. The summed E-state index contributed by atoms with van der Waals surface area (Å²) < 4.78 is 0. The predicted molar refractivity (Wildman–Crippen MR) is 136 cm³/mol. The van der Waals surface area contributed by atoms with Crippen LogP contribution in [0.4, 0.5) is 0 Å². The minimum atomic E-state index is -0.894. The molecule has 1 saturated carbocycles. The monoisotopic (exact) mass is 496 g/mol. The molecule has 6 nitrogen and oxygen atoms in total. The maximum atomic E-state index is 13.4. The molecule has 0 radical (unpaired) electrons. The van der Waals surface area contributed by atoms with Gasteiger partial charge in [-0.3, -0.25) is 14.4 Å². The summed E-state index contributed by atoms with van der Waals surface area (Å²) in [5.41, 5.74) is 2.81. The van der Waals surface area contributed by atoms with Crippen LogP contribution in [0, 0.1) is 5.92 Å². The van der Waals surface area contributed by atoms with Gasteiger partial charge in [-0.1, -0.05) is 67.3 Å². The molecule has 1 unspecified atom stereocenters. The first-order valence-electron chi connectivity index (χ1n) is 12.6. The van der Waals surface area contributed by atoms with Crippen molar-refractivity contribution in [3.63, 3.8) is 0 Å². The van der Waals surface area contributed by atoms with E-state index in [1.165, 1.54) is 19.3 Å². The van der Waals surface area contributed by atoms with E-state index in [0.29, 0.717) is 35.0 Å². The number of halogens is 1. The van der Waals surface area contributed by atoms with Crippen LogP contribution in [0.1, 0.15) is 67.3 Å². The highest BCUT2D eigenvalue weighted by molar-refractivity contribution is 6.32. The number of rotatable bonds is 9. The van der Waals surface area contributed by atoms with Crippen molar-refractivity contribution in [2.45, 2.75) is 63.8 Å². The van der Waals surface area contributed by atoms with Crippen molar-refractivity contribution in [3.8, 4) is 11.1 Å². The number of carboxylic acids is 1. The van der Waals surface area contributed by atoms with E-state index in [1.54, 1.807) is 6.07 Å². The summed E-state index contributed by atoms with van der Waals surface area (Å²) in [5.74, 6) is -1.21. The molecule has 0 aromatic heterocycles. The Kier molecular flexibility index (Phi) is 8.45. The molecule has 4 rings (SSSR count). The lowest BCUT2D eigenvalue weighted by Gasteiger charge is -2.31. The smallest absolute Gasteiger partial charge is 0.303 e. The van der Waals surface area contributed by atoms with Crippen molar-refractivity contribution in [3.05, 3.63) is 58.6 Å². The second kappa shape index (κ2) is 11.7. The SMILES string of the molecule is O=C(O)CCCNC(=O)c1c(-c2ccccc2)ccc(Cl)c1CC1CCN(C2CCCCC2)C1=O. The molecule has 2 amide bonds. The molecular weight excluding hydrogens is 464 g/mol. The van der Waals surface area contributed by atoms with Gasteiger partial charge < -0.3 is 15.3 Å². The van der Waals surface area contributed by atoms with Crippen LogP contribution in [0.25, 0.3) is 11.1 Å². The number of amides is 2. The highest BCUT2D eigenvalue weighted by Gasteiger charge is 2.37. The van der Waals surface area contributed by atoms with Crippen molar-refractivity contribution in [2.75, 3.05) is 13.1 Å². The third-order valence-electron chi connectivity index (χ3n) is 7.24. The molecular formula is C28H33ClN2O4. The number of carbonyl (C=O) groups is 3. The van der Waals surface area contributed by atoms with Crippen LogP contribution >= 0.6 is 11.6 Å². The second-order valence-electron chi connectivity index (χ2n) is 9.58. The Morgan fingerprint density at radius 3 is 2.49 bits per heavy atom. The third kappa shape index (κ3) is 6.04. The standard InChI is InChI=1S/C28H33ClN2O4/c29-24-14-13-22(19-8-3-1-4-9-19)26(27(34)30-16-7-12-25(32)33)23(24)18-20-15-17-31(28(20)35)21-10-5-2-6-11-21/h1,3-4,8-9,13-14,20-21H,2,5-7,10-12,15-18H2,(H,30,34)(H,32,33). The quantitative estimate of drug-likeness (QED) is 0.460. The largest absolute Gasteiger partial charge is 0.481 e. The van der Waals surface area contributed by atoms with Gasteiger partial charge in [-0.2, -0.15) is 0 Å². The number of hydrogen-bond donors (Lipinski definition) is 2. The third-order valence-corrected chi connectivity index (χ3v) is 7.59. The number of aliphatic carboxylic acids is 1. The van der Waals surface area contributed by atoms with Gasteiger partial charge in [0.15, 0.2) is 0 Å². The summed E-state index contributed by atoms with van der Waals surface area (Å²) in [6.45, 7) is 1.02. The molecule has 1 aliphatic heterocycles. The molecule has 2 aromatic rings. The normalized spacial score (nSPS) is 18.6. The Morgan fingerprint density at radius 1 is 1.03 bits per heavy atom. The van der Waals surface area contributed by atoms with Gasteiger partial charge in [0.1, 0.15) is 0 Å². The highest BCUT2D eigenvalue weighted by atomic mass is 35.5. The molecule has 7 heteroatoms. The van der Waals surface area contributed by atoms with Gasteiger partial charge in [0.05, 0.1) is 5.56 Å². The van der Waals surface area contributed by atoms with Gasteiger partial charge in [-0.15, -0.1) is 0 Å². The molecule has 2 aromatic carbocycles. The van der Waals surface area contributed by atoms with Crippen molar-refractivity contribution < 1.29 is 19.5 Å². The lowest BCUT2D eigenvalue weighted by Crippen LogP contribution is -2.39. The minimum Gasteiger partial charge on any atom is -0.481 e. The summed E-state index contributed by atoms with van der Waals surface area (Å²) in [4.78, 5) is 39.7. The fraction of sp³-hybridized carbons (Fsp3) is 0.464. The number of carbonyl (C=O) groups excluding carboxylic acids is 2. The van der Waals surface area contributed by atoms with E-state index in [2.05, 4.69) is 10.2 Å². The summed E-state index contributed by atoms with van der Waals surface area (Å²) in [6.07, 6.45) is 7.26. The maximum Gasteiger partial charge on any atom is 0.303 e. The van der Waals surface area contributed by atoms with Crippen LogP contribution < -0.4 is 5.32 Å². The van der Waals surface area contributed by atoms with Crippen molar-refractivity contribution in [2.24, 2.45) is 5.92 Å². The van der Waals surface area contributed by atoms with E-state index in [1.807, 2.05) is 36.4 Å². The van der Waals surface area contributed by atoms with E-state index < -0.39 is 5.97 Å². The van der Waals surface area contributed by atoms with Crippen molar-refractivity contribution in [1.29, 1.82) is 0 Å². The van der Waals surface area contributed by atoms with Crippen molar-refractivity contribution in [1.82, 2.24) is 10.2 Å². The molecule has 1 aliphatic carbocycles. The Balaban J connectivity index is 1.61. The zero-order valence-electron chi connectivity index (χ0n) is 20.0. The van der Waals surface area contributed by atoms with Crippen LogP contribution in [0.5, 0.6) is 0 Å². The molecule has 0 spiro atoms. The van der Waals surface area contributed by atoms with Gasteiger partial charge in [0, 0.05) is 36.5 Å². The summed E-state index contributed by atoms with van der Waals surface area (Å²) in [5, 5.41) is 12.3. The zero-order chi connectivity index (χ0) is 24.8. The first-order chi connectivity index (χ1) is 17.0. The van der Waals surface area contributed by atoms with Gasteiger partial charge in [-0.25, -0.2) is 0 Å². The molecule has 1 heterocycles. The average molecular weight is 497 g/mol. The van der Waals surface area contributed by atoms with E-state index >= 15 is 0 Å². The molecule has 2 aliphatic rings. The Morgan fingerprint density at radius 2 is 1.77 bits per heavy atom.